The van der Waals surface area contributed by atoms with E-state index in [0.29, 0.717) is 55.9 Å². The molecule has 2 aliphatic heterocycles. The van der Waals surface area contributed by atoms with Crippen molar-refractivity contribution in [2.45, 2.75) is 196 Å². The van der Waals surface area contributed by atoms with E-state index >= 15 is 4.79 Å². The van der Waals surface area contributed by atoms with Crippen LogP contribution in [-0.4, -0.2) is 120 Å². The number of hydrogen-bond acceptors (Lipinski definition) is 13. The second kappa shape index (κ2) is 18.5. The number of carbonyl (C=O) groups is 1. The van der Waals surface area contributed by atoms with Gasteiger partial charge in [0, 0.05) is 42.7 Å². The molecule has 0 amide bonds. The number of carbonyl (C=O) groups excluding carboxylic acids is 1. The largest absolute Gasteiger partial charge is 0.396 e. The van der Waals surface area contributed by atoms with E-state index in [1.54, 1.807) is 13.8 Å². The number of aliphatic hydroxyl groups is 8. The summed E-state index contributed by atoms with van der Waals surface area (Å²) >= 11 is 0. The molecule has 6 fully saturated rings. The highest BCUT2D eigenvalue weighted by molar-refractivity contribution is 6.00. The Morgan fingerprint density at radius 1 is 0.970 bits per heavy atom. The van der Waals surface area contributed by atoms with Gasteiger partial charge in [0.05, 0.1) is 53.6 Å². The summed E-state index contributed by atoms with van der Waals surface area (Å²) in [6.45, 7) is 5.40. The summed E-state index contributed by atoms with van der Waals surface area (Å²) in [4.78, 5) is 15.6. The number of hydrogen-bond donors (Lipinski definition) is 11. The summed E-state index contributed by atoms with van der Waals surface area (Å²) in [5.74, 6) is -1.72. The number of Topliss-reactive ketones (excluding diaryl/α,β-unsaturated/α-hetero) is 1. The van der Waals surface area contributed by atoms with Gasteiger partial charge >= 0.3 is 0 Å². The van der Waals surface area contributed by atoms with Crippen LogP contribution in [0.4, 0.5) is 0 Å². The Labute approximate surface area is 392 Å². The van der Waals surface area contributed by atoms with Crippen molar-refractivity contribution in [2.75, 3.05) is 19.8 Å². The Bertz CT molecular complexity index is 1930. The van der Waals surface area contributed by atoms with Crippen LogP contribution in [0.3, 0.4) is 0 Å². The number of nitrogens with two attached hydrogens (primary N) is 1. The first-order valence-electron chi connectivity index (χ1n) is 26.2. The standard InChI is InChI=1S/C53H83N3O10/c1-4-8-31-11-15-35-36-9-5-6-20-53(65,48(36)66-41(35)17-12-31)49(3,63)42-19-21-52(64)45-44-33(27-51(42,52)22-24-58)14-13-32(34-16-18-43(54)56-38(34)10-7-23-57)26-50(44)28-40(61)39(60)25-37(50)47(62)46(45)55-29-30(2)59/h13-14,16,18,30-33,35-37,39-44,48,55-61,63-65H,4-12,15,17,19-29,54H2,1-3H3/t30-,31-,32-,33+,35-,36-,37-,39+,40-,41+,42+,43?,44-,48+,49+,50-,51+,52+,53+/m0/s1. The van der Waals surface area contributed by atoms with Crippen molar-refractivity contribution in [3.63, 3.8) is 0 Å². The highest BCUT2D eigenvalue weighted by Crippen LogP contribution is 2.74. The minimum atomic E-state index is -1.78. The lowest BCUT2D eigenvalue weighted by atomic mass is 9.40. The van der Waals surface area contributed by atoms with Gasteiger partial charge in [-0.2, -0.15) is 0 Å². The first kappa shape index (κ1) is 48.8. The molecule has 9 rings (SSSR count). The number of aliphatic hydroxyl groups excluding tert-OH is 5. The zero-order valence-electron chi connectivity index (χ0n) is 39.9. The van der Waals surface area contributed by atoms with E-state index in [4.69, 9.17) is 10.5 Å². The normalized spacial score (nSPS) is 46.7. The Morgan fingerprint density at radius 2 is 1.76 bits per heavy atom. The third-order valence-corrected chi connectivity index (χ3v) is 19.8. The van der Waals surface area contributed by atoms with Gasteiger partial charge in [-0.25, -0.2) is 0 Å². The van der Waals surface area contributed by atoms with E-state index < -0.39 is 76.0 Å². The van der Waals surface area contributed by atoms with Gasteiger partial charge in [0.25, 0.3) is 0 Å². The monoisotopic (exact) mass is 922 g/mol. The SMILES string of the molecule is CCC[C@H]1CC[C@H]2[C@@H]3CCCC[C@](O)([C@](C)(O)[C@H]4CC[C@@]5(O)C6=C(NC[C@H](C)O)C(=O)[C@@H]7C[C@@H](O)[C@@H](O)C[C@@]78C[C@@H](C7=C(CCCO)NC(N)C=C7)C=C[C@H](C[C@]45CCO)[C@@H]68)[C@@H]3O[C@@H]2CC1. The van der Waals surface area contributed by atoms with Crippen LogP contribution >= 0.6 is 0 Å². The van der Waals surface area contributed by atoms with Crippen LogP contribution < -0.4 is 16.4 Å². The molecule has 5 saturated carbocycles. The van der Waals surface area contributed by atoms with Gasteiger partial charge in [-0.3, -0.25) is 4.79 Å². The molecule has 0 aromatic heterocycles. The van der Waals surface area contributed by atoms with Gasteiger partial charge in [-0.1, -0.05) is 57.3 Å². The lowest BCUT2D eigenvalue weighted by molar-refractivity contribution is -0.258. The van der Waals surface area contributed by atoms with Gasteiger partial charge in [-0.15, -0.1) is 0 Å². The van der Waals surface area contributed by atoms with E-state index in [2.05, 4.69) is 29.7 Å². The molecule has 0 aromatic carbocycles. The molecule has 1 unspecified atom stereocenters. The van der Waals surface area contributed by atoms with Crippen molar-refractivity contribution in [3.05, 3.63) is 46.8 Å². The third-order valence-electron chi connectivity index (χ3n) is 19.8. The third kappa shape index (κ3) is 7.66. The van der Waals surface area contributed by atoms with Crippen LogP contribution in [-0.2, 0) is 9.53 Å². The molecule has 9 aliphatic rings. The van der Waals surface area contributed by atoms with Crippen LogP contribution in [0.1, 0.15) is 143 Å². The molecule has 66 heavy (non-hydrogen) atoms. The first-order valence-corrected chi connectivity index (χ1v) is 26.2. The Hall–Kier alpha value is -2.17. The molecule has 13 heteroatoms. The van der Waals surface area contributed by atoms with Crippen LogP contribution in [0, 0.1) is 58.2 Å². The summed E-state index contributed by atoms with van der Waals surface area (Å²) < 4.78 is 7.11. The number of ether oxygens (including phenoxy) is 1. The summed E-state index contributed by atoms with van der Waals surface area (Å²) in [6.07, 6.45) is 16.5. The van der Waals surface area contributed by atoms with E-state index in [1.165, 1.54) is 12.8 Å². The molecule has 2 heterocycles. The Kier molecular flexibility index (Phi) is 13.7. The van der Waals surface area contributed by atoms with E-state index in [1.807, 2.05) is 12.2 Å². The molecular formula is C53H83N3O10. The molecule has 19 atom stereocenters. The molecule has 12 N–H and O–H groups in total. The molecule has 0 aromatic rings. The fraction of sp³-hybridized carbons (Fsp3) is 0.830. The van der Waals surface area contributed by atoms with Crippen molar-refractivity contribution in [3.8, 4) is 0 Å². The molecule has 13 nitrogen and oxygen atoms in total. The summed E-state index contributed by atoms with van der Waals surface area (Å²) in [5, 5.41) is 103. The maximum Gasteiger partial charge on any atom is 0.182 e. The van der Waals surface area contributed by atoms with Crippen molar-refractivity contribution in [1.29, 1.82) is 0 Å². The first-order chi connectivity index (χ1) is 31.5. The summed E-state index contributed by atoms with van der Waals surface area (Å²) in [7, 11) is 0. The molecule has 1 saturated heterocycles. The lowest BCUT2D eigenvalue weighted by Gasteiger charge is -2.65. The van der Waals surface area contributed by atoms with Crippen molar-refractivity contribution in [2.24, 2.45) is 63.9 Å². The smallest absolute Gasteiger partial charge is 0.182 e. The molecule has 7 aliphatic carbocycles. The van der Waals surface area contributed by atoms with Crippen molar-refractivity contribution in [1.82, 2.24) is 10.6 Å². The Balaban J connectivity index is 1.19. The highest BCUT2D eigenvalue weighted by Gasteiger charge is 2.76. The average Bonchev–Trinajstić information content (AvgIpc) is 3.54. The number of allylic oxidation sites excluding steroid dienone is 6. The minimum Gasteiger partial charge on any atom is -0.396 e. The van der Waals surface area contributed by atoms with Crippen molar-refractivity contribution < 1.29 is 50.4 Å². The number of fused-ring (bicyclic) bond motifs is 5. The predicted molar refractivity (Wildman–Crippen MR) is 250 cm³/mol. The Morgan fingerprint density at radius 3 is 2.50 bits per heavy atom. The van der Waals surface area contributed by atoms with Gasteiger partial charge in [0.15, 0.2) is 5.78 Å². The zero-order chi connectivity index (χ0) is 47.0. The molecular weight excluding hydrogens is 839 g/mol. The molecule has 370 valence electrons. The zero-order valence-corrected chi connectivity index (χ0v) is 39.9. The van der Waals surface area contributed by atoms with E-state index in [0.717, 1.165) is 56.2 Å². The molecule has 0 bridgehead atoms. The van der Waals surface area contributed by atoms with E-state index in [-0.39, 0.29) is 80.8 Å². The number of rotatable bonds is 13. The maximum atomic E-state index is 15.6. The van der Waals surface area contributed by atoms with Crippen molar-refractivity contribution >= 4 is 5.78 Å². The van der Waals surface area contributed by atoms with Crippen LogP contribution in [0.25, 0.3) is 0 Å². The quantitative estimate of drug-likeness (QED) is 0.117. The highest BCUT2D eigenvalue weighted by atomic mass is 16.5. The van der Waals surface area contributed by atoms with Crippen LogP contribution in [0.15, 0.2) is 46.8 Å². The summed E-state index contributed by atoms with van der Waals surface area (Å²) in [6, 6.07) is 0. The molecule has 0 radical (unpaired) electrons. The molecule has 1 spiro atoms. The predicted octanol–water partition coefficient (Wildman–Crippen LogP) is 4.15. The second-order valence-electron chi connectivity index (χ2n) is 23.2. The van der Waals surface area contributed by atoms with Gasteiger partial charge in [0.1, 0.15) is 5.60 Å². The average molecular weight is 922 g/mol. The second-order valence-corrected chi connectivity index (χ2v) is 23.2. The number of ketones is 1. The van der Waals surface area contributed by atoms with Gasteiger partial charge < -0.3 is 62.0 Å². The fourth-order valence-corrected chi connectivity index (χ4v) is 17.0. The fourth-order valence-electron chi connectivity index (χ4n) is 17.0. The summed E-state index contributed by atoms with van der Waals surface area (Å²) in [5.41, 5.74) is 1.70. The van der Waals surface area contributed by atoms with Gasteiger partial charge in [-0.05, 0) is 162 Å². The topological polar surface area (TPSA) is 238 Å². The van der Waals surface area contributed by atoms with Crippen LogP contribution in [0.2, 0.25) is 0 Å². The number of dihydropyridines is 1. The lowest BCUT2D eigenvalue weighted by Crippen LogP contribution is -2.70. The van der Waals surface area contributed by atoms with Crippen LogP contribution in [0.5, 0.6) is 0 Å². The van der Waals surface area contributed by atoms with Gasteiger partial charge in [0.2, 0.25) is 0 Å². The minimum absolute atomic E-state index is 0.00278. The maximum absolute atomic E-state index is 15.6. The number of nitrogens with one attached hydrogen (secondary N) is 2. The van der Waals surface area contributed by atoms with E-state index in [9.17, 15) is 40.9 Å².